The third kappa shape index (κ3) is 3.96. The third-order valence-electron chi connectivity index (χ3n) is 5.19. The molecule has 2 aromatic carbocycles. The van der Waals surface area contributed by atoms with E-state index in [1.165, 1.54) is 17.7 Å². The van der Waals surface area contributed by atoms with Crippen molar-refractivity contribution in [1.82, 2.24) is 15.5 Å². The first-order valence-corrected chi connectivity index (χ1v) is 9.41. The lowest BCUT2D eigenvalue weighted by atomic mass is 9.88. The molecule has 27 heavy (non-hydrogen) atoms. The second kappa shape index (κ2) is 8.06. The zero-order chi connectivity index (χ0) is 18.6. The first kappa shape index (κ1) is 17.9. The zero-order valence-electron chi connectivity index (χ0n) is 15.2. The Balaban J connectivity index is 1.62. The van der Waals surface area contributed by atoms with Gasteiger partial charge in [0.1, 0.15) is 5.82 Å². The van der Waals surface area contributed by atoms with E-state index in [0.29, 0.717) is 26.3 Å². The number of ether oxygens (including phenoxy) is 1. The van der Waals surface area contributed by atoms with Crippen molar-refractivity contribution in [3.05, 3.63) is 71.0 Å². The molecular weight excluding hydrogens is 345 g/mol. The van der Waals surface area contributed by atoms with Gasteiger partial charge in [-0.25, -0.2) is 9.18 Å². The lowest BCUT2D eigenvalue weighted by Crippen LogP contribution is -2.52. The van der Waals surface area contributed by atoms with Crippen LogP contribution >= 0.6 is 0 Å². The van der Waals surface area contributed by atoms with Crippen LogP contribution in [0, 0.1) is 5.82 Å². The Bertz CT molecular complexity index is 788. The predicted molar refractivity (Wildman–Crippen MR) is 101 cm³/mol. The summed E-state index contributed by atoms with van der Waals surface area (Å²) in [6.07, 6.45) is 0.806. The van der Waals surface area contributed by atoms with Crippen LogP contribution in [0.3, 0.4) is 0 Å². The fourth-order valence-electron chi connectivity index (χ4n) is 3.85. The SMILES string of the molecule is O=C(N[C@H]1CNCCOC1)N1CCc2ccccc2[C@@H]1c1ccc(F)cc1. The van der Waals surface area contributed by atoms with Gasteiger partial charge in [-0.1, -0.05) is 36.4 Å². The number of nitrogens with zero attached hydrogens (tertiary/aromatic N) is 1. The second-order valence-corrected chi connectivity index (χ2v) is 7.02. The quantitative estimate of drug-likeness (QED) is 0.855. The van der Waals surface area contributed by atoms with Crippen molar-refractivity contribution in [2.24, 2.45) is 0 Å². The smallest absolute Gasteiger partial charge is 0.318 e. The monoisotopic (exact) mass is 369 g/mol. The van der Waals surface area contributed by atoms with Crippen LogP contribution in [0.25, 0.3) is 0 Å². The van der Waals surface area contributed by atoms with Crippen molar-refractivity contribution in [1.29, 1.82) is 0 Å². The van der Waals surface area contributed by atoms with E-state index in [1.54, 1.807) is 12.1 Å². The van der Waals surface area contributed by atoms with Crippen LogP contribution in [0.4, 0.5) is 9.18 Å². The highest BCUT2D eigenvalue weighted by molar-refractivity contribution is 5.76. The summed E-state index contributed by atoms with van der Waals surface area (Å²) in [7, 11) is 0. The van der Waals surface area contributed by atoms with Gasteiger partial charge in [0.2, 0.25) is 0 Å². The number of hydrogen-bond acceptors (Lipinski definition) is 3. The van der Waals surface area contributed by atoms with Crippen LogP contribution in [0.2, 0.25) is 0 Å². The molecule has 5 nitrogen and oxygen atoms in total. The minimum absolute atomic E-state index is 0.0639. The molecule has 2 N–H and O–H groups in total. The molecular formula is C21H24FN3O2. The third-order valence-corrected chi connectivity index (χ3v) is 5.19. The Labute approximate surface area is 158 Å². The molecule has 2 aliphatic heterocycles. The molecule has 2 heterocycles. The van der Waals surface area contributed by atoms with E-state index in [9.17, 15) is 9.18 Å². The average Bonchev–Trinajstić information content (AvgIpc) is 2.96. The van der Waals surface area contributed by atoms with Crippen LogP contribution < -0.4 is 10.6 Å². The number of carbonyl (C=O) groups is 1. The zero-order valence-corrected chi connectivity index (χ0v) is 15.2. The van der Waals surface area contributed by atoms with Gasteiger partial charge in [-0.05, 0) is 35.2 Å². The maximum atomic E-state index is 13.4. The molecule has 2 aliphatic rings. The Kier molecular flexibility index (Phi) is 5.36. The molecule has 1 saturated heterocycles. The molecule has 0 spiro atoms. The van der Waals surface area contributed by atoms with Gasteiger partial charge in [0.15, 0.2) is 0 Å². The van der Waals surface area contributed by atoms with E-state index < -0.39 is 0 Å². The van der Waals surface area contributed by atoms with Crippen LogP contribution in [0.5, 0.6) is 0 Å². The molecule has 0 aliphatic carbocycles. The number of benzene rings is 2. The number of rotatable bonds is 2. The van der Waals surface area contributed by atoms with Crippen molar-refractivity contribution < 1.29 is 13.9 Å². The maximum Gasteiger partial charge on any atom is 0.318 e. The summed E-state index contributed by atoms with van der Waals surface area (Å²) in [5.74, 6) is -0.277. The van der Waals surface area contributed by atoms with E-state index in [-0.39, 0.29) is 23.9 Å². The van der Waals surface area contributed by atoms with Gasteiger partial charge in [0.25, 0.3) is 0 Å². The molecule has 0 radical (unpaired) electrons. The van der Waals surface area contributed by atoms with Crippen molar-refractivity contribution in [2.45, 2.75) is 18.5 Å². The summed E-state index contributed by atoms with van der Waals surface area (Å²) >= 11 is 0. The number of urea groups is 1. The molecule has 2 atom stereocenters. The van der Waals surface area contributed by atoms with Gasteiger partial charge >= 0.3 is 6.03 Å². The minimum Gasteiger partial charge on any atom is -0.378 e. The van der Waals surface area contributed by atoms with Crippen LogP contribution in [0.1, 0.15) is 22.7 Å². The van der Waals surface area contributed by atoms with Gasteiger partial charge in [0.05, 0.1) is 25.3 Å². The Morgan fingerprint density at radius 3 is 2.85 bits per heavy atom. The number of fused-ring (bicyclic) bond motifs is 1. The fourth-order valence-corrected chi connectivity index (χ4v) is 3.85. The van der Waals surface area contributed by atoms with E-state index in [2.05, 4.69) is 22.8 Å². The summed E-state index contributed by atoms with van der Waals surface area (Å²) < 4.78 is 19.0. The summed E-state index contributed by atoms with van der Waals surface area (Å²) in [4.78, 5) is 14.9. The predicted octanol–water partition coefficient (Wildman–Crippen LogP) is 2.47. The number of carbonyl (C=O) groups excluding carboxylic acids is 1. The normalized spacial score (nSPS) is 22.6. The molecule has 1 fully saturated rings. The molecule has 4 rings (SSSR count). The highest BCUT2D eigenvalue weighted by atomic mass is 19.1. The molecule has 6 heteroatoms. The molecule has 142 valence electrons. The maximum absolute atomic E-state index is 13.4. The van der Waals surface area contributed by atoms with Crippen molar-refractivity contribution in [2.75, 3.05) is 32.8 Å². The Hall–Kier alpha value is -2.44. The largest absolute Gasteiger partial charge is 0.378 e. The van der Waals surface area contributed by atoms with Crippen LogP contribution in [-0.2, 0) is 11.2 Å². The number of nitrogens with one attached hydrogen (secondary N) is 2. The van der Waals surface area contributed by atoms with E-state index in [0.717, 1.165) is 24.1 Å². The first-order valence-electron chi connectivity index (χ1n) is 9.41. The summed E-state index contributed by atoms with van der Waals surface area (Å²) in [6, 6.07) is 14.2. The molecule has 0 aromatic heterocycles. The molecule has 0 bridgehead atoms. The van der Waals surface area contributed by atoms with Gasteiger partial charge in [-0.3, -0.25) is 0 Å². The number of hydrogen-bond donors (Lipinski definition) is 2. The number of amides is 2. The van der Waals surface area contributed by atoms with E-state index in [1.807, 2.05) is 17.0 Å². The van der Waals surface area contributed by atoms with Gasteiger partial charge < -0.3 is 20.3 Å². The van der Waals surface area contributed by atoms with Gasteiger partial charge in [0, 0.05) is 19.6 Å². The molecule has 2 amide bonds. The number of halogens is 1. The minimum atomic E-state index is -0.277. The van der Waals surface area contributed by atoms with Crippen LogP contribution in [0.15, 0.2) is 48.5 Å². The van der Waals surface area contributed by atoms with Crippen LogP contribution in [-0.4, -0.2) is 49.8 Å². The fraction of sp³-hybridized carbons (Fsp3) is 0.381. The summed E-state index contributed by atoms with van der Waals surface area (Å²) in [6.45, 7) is 3.26. The topological polar surface area (TPSA) is 53.6 Å². The van der Waals surface area contributed by atoms with Gasteiger partial charge in [-0.2, -0.15) is 0 Å². The summed E-state index contributed by atoms with van der Waals surface area (Å²) in [5, 5.41) is 6.37. The van der Waals surface area contributed by atoms with Gasteiger partial charge in [-0.15, -0.1) is 0 Å². The van der Waals surface area contributed by atoms with E-state index >= 15 is 0 Å². The standard InChI is InChI=1S/C21H24FN3O2/c22-17-7-5-16(6-8-17)20-19-4-2-1-3-15(19)9-11-25(20)21(26)24-18-13-23-10-12-27-14-18/h1-8,18,20,23H,9-14H2,(H,24,26)/t18-,20-/m0/s1. The lowest BCUT2D eigenvalue weighted by molar-refractivity contribution is 0.127. The molecule has 2 aromatic rings. The lowest BCUT2D eigenvalue weighted by Gasteiger charge is -2.38. The molecule has 0 unspecified atom stereocenters. The Morgan fingerprint density at radius 1 is 1.19 bits per heavy atom. The van der Waals surface area contributed by atoms with Crippen molar-refractivity contribution >= 4 is 6.03 Å². The Morgan fingerprint density at radius 2 is 2.00 bits per heavy atom. The highest BCUT2D eigenvalue weighted by Crippen LogP contribution is 2.35. The summed E-state index contributed by atoms with van der Waals surface area (Å²) in [5.41, 5.74) is 3.24. The van der Waals surface area contributed by atoms with Crippen molar-refractivity contribution in [3.63, 3.8) is 0 Å². The van der Waals surface area contributed by atoms with E-state index in [4.69, 9.17) is 4.74 Å². The first-order chi connectivity index (χ1) is 13.2. The second-order valence-electron chi connectivity index (χ2n) is 7.02. The molecule has 0 saturated carbocycles. The van der Waals surface area contributed by atoms with Crippen molar-refractivity contribution in [3.8, 4) is 0 Å². The average molecular weight is 369 g/mol. The highest BCUT2D eigenvalue weighted by Gasteiger charge is 2.32.